The molecule has 0 aliphatic rings. The van der Waals surface area contributed by atoms with Crippen LogP contribution >= 0.6 is 0 Å². The van der Waals surface area contributed by atoms with Crippen LogP contribution in [0, 0.1) is 13.0 Å². The summed E-state index contributed by atoms with van der Waals surface area (Å²) in [4.78, 5) is 10.6. The van der Waals surface area contributed by atoms with E-state index < -0.39 is 0 Å². The average Bonchev–Trinajstić information content (AvgIpc) is 3.55. The normalized spacial score (nSPS) is 12.3. The first-order valence-corrected chi connectivity index (χ1v) is 16.4. The van der Waals surface area contributed by atoms with Crippen LogP contribution in [0.1, 0.15) is 58.2 Å². The molecule has 0 saturated heterocycles. The fourth-order valence-electron chi connectivity index (χ4n) is 7.24. The van der Waals surface area contributed by atoms with Crippen LogP contribution in [-0.4, -0.2) is 19.1 Å². The van der Waals surface area contributed by atoms with Crippen LogP contribution in [0.4, 0.5) is 0 Å². The molecule has 4 aromatic carbocycles. The topological polar surface area (TPSA) is 35.6 Å². The molecule has 8 aromatic rings. The maximum absolute atomic E-state index is 5.66. The van der Waals surface area contributed by atoms with Crippen LogP contribution in [0.5, 0.6) is 0 Å². The third kappa shape index (κ3) is 5.01. The van der Waals surface area contributed by atoms with Gasteiger partial charge in [0.1, 0.15) is 17.1 Å². The first-order valence-electron chi connectivity index (χ1n) is 16.4. The number of benzene rings is 4. The molecule has 5 heteroatoms. The number of pyridine rings is 2. The fourth-order valence-corrected chi connectivity index (χ4v) is 7.24. The Labute approximate surface area is 296 Å². The molecule has 0 fully saturated rings. The molecule has 4 aromatic heterocycles. The molecular weight excluding hydrogens is 768 g/mol. The molecule has 0 amide bonds. The van der Waals surface area contributed by atoms with E-state index >= 15 is 0 Å². The summed E-state index contributed by atoms with van der Waals surface area (Å²) in [6, 6.07) is 40.5. The summed E-state index contributed by atoms with van der Waals surface area (Å²) in [5, 5.41) is 4.76. The molecule has 0 aliphatic carbocycles. The Bertz CT molecular complexity index is 2500. The number of hydrogen-bond acceptors (Lipinski definition) is 2. The van der Waals surface area contributed by atoms with E-state index in [2.05, 4.69) is 167 Å². The fraction of sp³-hybridized carbons (Fsp3) is 0.209. The molecule has 0 atom stereocenters. The second-order valence-electron chi connectivity index (χ2n) is 14.8. The zero-order chi connectivity index (χ0) is 32.7. The van der Waals surface area contributed by atoms with E-state index in [4.69, 9.17) is 9.97 Å². The summed E-state index contributed by atoms with van der Waals surface area (Å²) in [6.07, 6.45) is 1.93. The van der Waals surface area contributed by atoms with Crippen LogP contribution in [0.25, 0.3) is 66.5 Å². The summed E-state index contributed by atoms with van der Waals surface area (Å²) in [5.74, 6) is 0.881. The van der Waals surface area contributed by atoms with Gasteiger partial charge in [0.15, 0.2) is 0 Å². The zero-order valence-corrected chi connectivity index (χ0v) is 30.8. The van der Waals surface area contributed by atoms with Crippen molar-refractivity contribution in [2.24, 2.45) is 0 Å². The zero-order valence-electron chi connectivity index (χ0n) is 28.5. The largest absolute Gasteiger partial charge is 0.312 e. The van der Waals surface area contributed by atoms with Crippen molar-refractivity contribution in [1.82, 2.24) is 19.1 Å². The van der Waals surface area contributed by atoms with Gasteiger partial charge in [-0.05, 0) is 58.8 Å². The van der Waals surface area contributed by atoms with E-state index in [1.54, 1.807) is 0 Å². The molecule has 4 heterocycles. The van der Waals surface area contributed by atoms with E-state index in [0.29, 0.717) is 0 Å². The van der Waals surface area contributed by atoms with Crippen molar-refractivity contribution < 1.29 is 21.1 Å². The van der Waals surface area contributed by atoms with Crippen molar-refractivity contribution in [3.63, 3.8) is 0 Å². The van der Waals surface area contributed by atoms with Gasteiger partial charge in [0.05, 0.1) is 11.0 Å². The molecule has 48 heavy (non-hydrogen) atoms. The number of rotatable bonds is 3. The first-order chi connectivity index (χ1) is 22.5. The maximum Gasteiger partial charge on any atom is 0.149 e. The summed E-state index contributed by atoms with van der Waals surface area (Å²) < 4.78 is 4.58. The Morgan fingerprint density at radius 1 is 0.625 bits per heavy atom. The molecule has 0 N–H and O–H groups in total. The molecule has 8 rings (SSSR count). The Morgan fingerprint density at radius 2 is 1.23 bits per heavy atom. The van der Waals surface area contributed by atoms with Crippen LogP contribution < -0.4 is 0 Å². The van der Waals surface area contributed by atoms with Gasteiger partial charge in [-0.3, -0.25) is 4.57 Å². The van der Waals surface area contributed by atoms with Crippen molar-refractivity contribution >= 4 is 43.9 Å². The van der Waals surface area contributed by atoms with E-state index in [1.165, 1.54) is 43.8 Å². The Morgan fingerprint density at radius 3 is 1.88 bits per heavy atom. The van der Waals surface area contributed by atoms with E-state index in [1.807, 2.05) is 6.20 Å². The molecular formula is C43H39N4Pt-. The van der Waals surface area contributed by atoms with E-state index in [0.717, 1.165) is 39.4 Å². The van der Waals surface area contributed by atoms with Crippen molar-refractivity contribution in [2.75, 3.05) is 0 Å². The van der Waals surface area contributed by atoms with Crippen LogP contribution in [0.2, 0.25) is 0 Å². The van der Waals surface area contributed by atoms with Gasteiger partial charge in [0, 0.05) is 48.8 Å². The number of nitrogens with zero attached hydrogens (tertiary/aromatic N) is 4. The average molecular weight is 807 g/mol. The third-order valence-electron chi connectivity index (χ3n) is 9.46. The standard InChI is InChI=1S/C43H39N4.Pt/c1-27-15-8-9-18-31(27)28-16-14-17-30(25-28)46-34-21-12-10-19-32(34)37-39(43(5,6)7)38-33-20-11-13-22-35(33)47(41(38)45-40(37)46)36-26-29(23-24-44-36)42(2,3)4;/h8-24,26H,1-7H3;/q-1;. The molecule has 4 nitrogen and oxygen atoms in total. The monoisotopic (exact) mass is 806 g/mol. The van der Waals surface area contributed by atoms with Crippen LogP contribution in [0.15, 0.2) is 109 Å². The molecule has 0 spiro atoms. The van der Waals surface area contributed by atoms with Gasteiger partial charge < -0.3 is 4.57 Å². The Balaban J connectivity index is 0.00000364. The maximum atomic E-state index is 5.66. The summed E-state index contributed by atoms with van der Waals surface area (Å²) in [5.41, 5.74) is 10.9. The Hall–Kier alpha value is -4.53. The predicted molar refractivity (Wildman–Crippen MR) is 197 cm³/mol. The minimum atomic E-state index is -0.184. The van der Waals surface area contributed by atoms with Crippen molar-refractivity contribution in [1.29, 1.82) is 0 Å². The van der Waals surface area contributed by atoms with Gasteiger partial charge in [-0.2, -0.15) is 0 Å². The van der Waals surface area contributed by atoms with Crippen LogP contribution in [-0.2, 0) is 31.9 Å². The van der Waals surface area contributed by atoms with Crippen molar-refractivity contribution in [3.8, 4) is 22.6 Å². The third-order valence-corrected chi connectivity index (χ3v) is 9.46. The van der Waals surface area contributed by atoms with Crippen LogP contribution in [0.3, 0.4) is 0 Å². The summed E-state index contributed by atoms with van der Waals surface area (Å²) >= 11 is 0. The van der Waals surface area contributed by atoms with Crippen molar-refractivity contribution in [3.05, 3.63) is 132 Å². The number of fused-ring (bicyclic) bond motifs is 6. The van der Waals surface area contributed by atoms with E-state index in [-0.39, 0.29) is 31.9 Å². The minimum Gasteiger partial charge on any atom is -0.312 e. The molecule has 0 radical (unpaired) electrons. The summed E-state index contributed by atoms with van der Waals surface area (Å²) in [7, 11) is 0. The quantitative estimate of drug-likeness (QED) is 0.167. The number of hydrogen-bond donors (Lipinski definition) is 0. The van der Waals surface area contributed by atoms with Gasteiger partial charge in [0.2, 0.25) is 0 Å². The van der Waals surface area contributed by atoms with E-state index in [9.17, 15) is 0 Å². The number of aryl methyl sites for hydroxylation is 1. The number of para-hydroxylation sites is 2. The second-order valence-corrected chi connectivity index (χ2v) is 14.8. The first kappa shape index (κ1) is 32.0. The molecule has 0 aliphatic heterocycles. The number of aromatic nitrogens is 4. The molecule has 242 valence electrons. The smallest absolute Gasteiger partial charge is 0.149 e. The second kappa shape index (κ2) is 11.6. The predicted octanol–water partition coefficient (Wildman–Crippen LogP) is 11.0. The molecule has 0 saturated carbocycles. The molecule has 0 unspecified atom stereocenters. The Kier molecular flexibility index (Phi) is 7.72. The van der Waals surface area contributed by atoms with Crippen molar-refractivity contribution in [2.45, 2.75) is 59.3 Å². The minimum absolute atomic E-state index is 0. The van der Waals surface area contributed by atoms with Gasteiger partial charge >= 0.3 is 0 Å². The van der Waals surface area contributed by atoms with Gasteiger partial charge in [-0.15, -0.1) is 29.8 Å². The van der Waals surface area contributed by atoms with Gasteiger partial charge in [-0.25, -0.2) is 9.97 Å². The molecule has 0 bridgehead atoms. The van der Waals surface area contributed by atoms with Gasteiger partial charge in [0.25, 0.3) is 0 Å². The van der Waals surface area contributed by atoms with Gasteiger partial charge in [-0.1, -0.05) is 113 Å². The summed E-state index contributed by atoms with van der Waals surface area (Å²) in [6.45, 7) is 15.9. The SMILES string of the molecule is Cc1ccccc1-c1[c-]c(-n2c3ccccc3c3c(C(C)(C)C)c4c5ccccc5n(-c5cc(C(C)(C)C)ccn5)c4nc32)ccc1.[Pt].